The lowest BCUT2D eigenvalue weighted by Gasteiger charge is -2.19. The molecule has 0 spiro atoms. The van der Waals surface area contributed by atoms with Crippen LogP contribution in [-0.2, 0) is 12.8 Å². The largest absolute Gasteiger partial charge is 0.496 e. The highest BCUT2D eigenvalue weighted by atomic mass is 32.1. The van der Waals surface area contributed by atoms with Crippen LogP contribution in [0.4, 0.5) is 0 Å². The number of nitrogens with one attached hydrogen (secondary N) is 1. The molecular weight excluding hydrogens is 278 g/mol. The molecule has 0 amide bonds. The van der Waals surface area contributed by atoms with E-state index in [1.165, 1.54) is 29.7 Å². The first kappa shape index (κ1) is 16.1. The first-order valence-electron chi connectivity index (χ1n) is 7.71. The first-order valence-corrected chi connectivity index (χ1v) is 8.59. The van der Waals surface area contributed by atoms with Crippen LogP contribution in [0.3, 0.4) is 0 Å². The molecule has 1 heterocycles. The van der Waals surface area contributed by atoms with Crippen LogP contribution >= 0.6 is 11.3 Å². The molecule has 1 atom stereocenters. The molecule has 0 radical (unpaired) electrons. The van der Waals surface area contributed by atoms with E-state index in [4.69, 9.17) is 4.74 Å². The summed E-state index contributed by atoms with van der Waals surface area (Å²) >= 11 is 1.86. The van der Waals surface area contributed by atoms with E-state index in [2.05, 4.69) is 41.9 Å². The number of hydrogen-bond acceptors (Lipinski definition) is 3. The standard InChI is InChI=1S/C18H25NOS/c1-3-19-16(9-6-10-17-11-7-13-21-17)14-15-8-4-5-12-18(15)20-2/h4-5,7-8,11-13,16,19H,3,6,9-10,14H2,1-2H3. The Bertz CT molecular complexity index is 510. The highest BCUT2D eigenvalue weighted by Gasteiger charge is 2.11. The van der Waals surface area contributed by atoms with E-state index in [0.717, 1.165) is 18.7 Å². The molecule has 0 bridgehead atoms. The number of para-hydroxylation sites is 1. The van der Waals surface area contributed by atoms with Crippen LogP contribution in [0.5, 0.6) is 5.75 Å². The van der Waals surface area contributed by atoms with Crippen molar-refractivity contribution in [2.45, 2.75) is 38.6 Å². The van der Waals surface area contributed by atoms with Gasteiger partial charge in [-0.25, -0.2) is 0 Å². The zero-order valence-electron chi connectivity index (χ0n) is 13.0. The van der Waals surface area contributed by atoms with Crippen molar-refractivity contribution in [3.05, 3.63) is 52.2 Å². The van der Waals surface area contributed by atoms with E-state index in [1.807, 2.05) is 23.5 Å². The summed E-state index contributed by atoms with van der Waals surface area (Å²) in [7, 11) is 1.75. The molecule has 1 aromatic heterocycles. The molecule has 1 aromatic carbocycles. The minimum atomic E-state index is 0.520. The number of benzene rings is 1. The number of likely N-dealkylation sites (N-methyl/N-ethyl adjacent to an activating group) is 1. The van der Waals surface area contributed by atoms with Crippen LogP contribution in [0.1, 0.15) is 30.2 Å². The lowest BCUT2D eigenvalue weighted by atomic mass is 10.00. The molecule has 0 aliphatic heterocycles. The van der Waals surface area contributed by atoms with Gasteiger partial charge in [-0.05, 0) is 55.3 Å². The van der Waals surface area contributed by atoms with E-state index in [1.54, 1.807) is 7.11 Å². The highest BCUT2D eigenvalue weighted by Crippen LogP contribution is 2.21. The molecule has 2 rings (SSSR count). The van der Waals surface area contributed by atoms with Crippen LogP contribution < -0.4 is 10.1 Å². The maximum Gasteiger partial charge on any atom is 0.122 e. The zero-order chi connectivity index (χ0) is 14.9. The topological polar surface area (TPSA) is 21.3 Å². The molecule has 0 aliphatic carbocycles. The summed E-state index contributed by atoms with van der Waals surface area (Å²) in [5, 5.41) is 5.77. The summed E-state index contributed by atoms with van der Waals surface area (Å²) in [6.07, 6.45) is 4.64. The van der Waals surface area contributed by atoms with Gasteiger partial charge in [-0.3, -0.25) is 0 Å². The van der Waals surface area contributed by atoms with E-state index in [-0.39, 0.29) is 0 Å². The van der Waals surface area contributed by atoms with Crippen molar-refractivity contribution < 1.29 is 4.74 Å². The van der Waals surface area contributed by atoms with Crippen LogP contribution in [0.15, 0.2) is 41.8 Å². The minimum Gasteiger partial charge on any atom is -0.496 e. The molecule has 21 heavy (non-hydrogen) atoms. The molecule has 0 saturated heterocycles. The van der Waals surface area contributed by atoms with Crippen LogP contribution in [0.25, 0.3) is 0 Å². The van der Waals surface area contributed by atoms with Crippen molar-refractivity contribution in [1.29, 1.82) is 0 Å². The molecule has 1 N–H and O–H groups in total. The van der Waals surface area contributed by atoms with Gasteiger partial charge < -0.3 is 10.1 Å². The van der Waals surface area contributed by atoms with Gasteiger partial charge in [0.15, 0.2) is 0 Å². The van der Waals surface area contributed by atoms with Gasteiger partial charge in [-0.1, -0.05) is 31.2 Å². The van der Waals surface area contributed by atoms with Gasteiger partial charge in [0.2, 0.25) is 0 Å². The van der Waals surface area contributed by atoms with Crippen LogP contribution in [0, 0.1) is 0 Å². The summed E-state index contributed by atoms with van der Waals surface area (Å²) in [4.78, 5) is 1.49. The predicted octanol–water partition coefficient (Wildman–Crippen LogP) is 4.30. The summed E-state index contributed by atoms with van der Waals surface area (Å²) < 4.78 is 5.46. The van der Waals surface area contributed by atoms with Crippen molar-refractivity contribution in [2.75, 3.05) is 13.7 Å². The molecule has 0 fully saturated rings. The fourth-order valence-corrected chi connectivity index (χ4v) is 3.43. The van der Waals surface area contributed by atoms with Gasteiger partial charge in [-0.2, -0.15) is 0 Å². The van der Waals surface area contributed by atoms with Crippen LogP contribution in [0.2, 0.25) is 0 Å². The van der Waals surface area contributed by atoms with Gasteiger partial charge in [0, 0.05) is 10.9 Å². The first-order chi connectivity index (χ1) is 10.3. The average Bonchev–Trinajstić information content (AvgIpc) is 3.01. The third-order valence-electron chi connectivity index (χ3n) is 3.71. The Balaban J connectivity index is 1.88. The second-order valence-corrected chi connectivity index (χ2v) is 6.27. The van der Waals surface area contributed by atoms with E-state index >= 15 is 0 Å². The minimum absolute atomic E-state index is 0.520. The van der Waals surface area contributed by atoms with E-state index in [0.29, 0.717) is 6.04 Å². The Morgan fingerprint density at radius 1 is 1.19 bits per heavy atom. The van der Waals surface area contributed by atoms with E-state index < -0.39 is 0 Å². The molecule has 0 aliphatic rings. The smallest absolute Gasteiger partial charge is 0.122 e. The SMILES string of the molecule is CCNC(CCCc1cccs1)Cc1ccccc1OC. The summed E-state index contributed by atoms with van der Waals surface area (Å²) in [5.74, 6) is 0.999. The zero-order valence-corrected chi connectivity index (χ0v) is 13.8. The Kier molecular flexibility index (Phi) is 6.77. The van der Waals surface area contributed by atoms with Crippen molar-refractivity contribution in [1.82, 2.24) is 5.32 Å². The molecule has 2 aromatic rings. The van der Waals surface area contributed by atoms with Gasteiger partial charge in [0.1, 0.15) is 5.75 Å². The molecule has 3 heteroatoms. The van der Waals surface area contributed by atoms with Gasteiger partial charge in [0.05, 0.1) is 7.11 Å². The fourth-order valence-electron chi connectivity index (χ4n) is 2.68. The highest BCUT2D eigenvalue weighted by molar-refractivity contribution is 7.09. The third-order valence-corrected chi connectivity index (χ3v) is 4.64. The maximum atomic E-state index is 5.46. The molecule has 0 saturated carbocycles. The van der Waals surface area contributed by atoms with Gasteiger partial charge >= 0.3 is 0 Å². The molecule has 114 valence electrons. The number of thiophene rings is 1. The van der Waals surface area contributed by atoms with Crippen LogP contribution in [-0.4, -0.2) is 19.7 Å². The normalized spacial score (nSPS) is 12.3. The Morgan fingerprint density at radius 2 is 2.05 bits per heavy atom. The lowest BCUT2D eigenvalue weighted by Crippen LogP contribution is -2.31. The Morgan fingerprint density at radius 3 is 2.76 bits per heavy atom. The number of aryl methyl sites for hydroxylation is 1. The monoisotopic (exact) mass is 303 g/mol. The second-order valence-electron chi connectivity index (χ2n) is 5.24. The summed E-state index contributed by atoms with van der Waals surface area (Å²) in [6.45, 7) is 3.19. The Labute approximate surface area is 132 Å². The fraction of sp³-hybridized carbons (Fsp3) is 0.444. The van der Waals surface area contributed by atoms with Gasteiger partial charge in [0.25, 0.3) is 0 Å². The lowest BCUT2D eigenvalue weighted by molar-refractivity contribution is 0.402. The van der Waals surface area contributed by atoms with Crippen molar-refractivity contribution in [3.63, 3.8) is 0 Å². The van der Waals surface area contributed by atoms with Crippen molar-refractivity contribution >= 4 is 11.3 Å². The number of hydrogen-bond donors (Lipinski definition) is 1. The third kappa shape index (κ3) is 5.18. The number of ether oxygens (including phenoxy) is 1. The average molecular weight is 303 g/mol. The number of rotatable bonds is 9. The van der Waals surface area contributed by atoms with Crippen molar-refractivity contribution in [2.24, 2.45) is 0 Å². The predicted molar refractivity (Wildman–Crippen MR) is 91.4 cm³/mol. The quantitative estimate of drug-likeness (QED) is 0.745. The summed E-state index contributed by atoms with van der Waals surface area (Å²) in [6, 6.07) is 13.2. The number of methoxy groups -OCH3 is 1. The summed E-state index contributed by atoms with van der Waals surface area (Å²) in [5.41, 5.74) is 1.29. The van der Waals surface area contributed by atoms with Gasteiger partial charge in [-0.15, -0.1) is 11.3 Å². The molecular formula is C18H25NOS. The Hall–Kier alpha value is -1.32. The maximum absolute atomic E-state index is 5.46. The second kappa shape index (κ2) is 8.85. The molecule has 2 nitrogen and oxygen atoms in total. The molecule has 1 unspecified atom stereocenters. The van der Waals surface area contributed by atoms with E-state index in [9.17, 15) is 0 Å². The van der Waals surface area contributed by atoms with Crippen molar-refractivity contribution in [3.8, 4) is 5.75 Å².